The van der Waals surface area contributed by atoms with Crippen molar-refractivity contribution in [1.82, 2.24) is 25.0 Å². The maximum atomic E-state index is 12.6. The van der Waals surface area contributed by atoms with Crippen molar-refractivity contribution in [2.24, 2.45) is 7.05 Å². The van der Waals surface area contributed by atoms with E-state index >= 15 is 0 Å². The van der Waals surface area contributed by atoms with Crippen molar-refractivity contribution < 1.29 is 14.3 Å². The van der Waals surface area contributed by atoms with Crippen LogP contribution in [-0.4, -0.2) is 37.0 Å². The molecule has 3 heterocycles. The number of pyridine rings is 2. The molecule has 4 rings (SSSR count). The SMILES string of the molecule is Cc1ccc([C@@H](C)OC(=O)Nc2c(-c3ccc(NC(=O)c4ccccc4)cn3)nnn2C)c(Cl)n1. The van der Waals surface area contributed by atoms with Gasteiger partial charge in [-0.1, -0.05) is 41.1 Å². The molecular formula is C24H22ClN7O3. The lowest BCUT2D eigenvalue weighted by molar-refractivity contribution is 0.102. The predicted molar refractivity (Wildman–Crippen MR) is 131 cm³/mol. The normalized spacial score (nSPS) is 11.5. The van der Waals surface area contributed by atoms with E-state index in [1.807, 2.05) is 13.0 Å². The number of carbonyl (C=O) groups excluding carboxylic acids is 2. The zero-order valence-corrected chi connectivity index (χ0v) is 19.9. The lowest BCUT2D eigenvalue weighted by atomic mass is 10.2. The van der Waals surface area contributed by atoms with Gasteiger partial charge in [0.2, 0.25) is 0 Å². The fraction of sp³-hybridized carbons (Fsp3) is 0.167. The Labute approximate surface area is 206 Å². The summed E-state index contributed by atoms with van der Waals surface area (Å²) in [6.07, 6.45) is 0.153. The minimum Gasteiger partial charge on any atom is -0.441 e. The molecule has 0 aliphatic carbocycles. The van der Waals surface area contributed by atoms with Gasteiger partial charge in [-0.25, -0.2) is 14.5 Å². The number of aromatic nitrogens is 5. The molecule has 1 atom stereocenters. The largest absolute Gasteiger partial charge is 0.441 e. The van der Waals surface area contributed by atoms with Gasteiger partial charge < -0.3 is 10.1 Å². The number of hydrogen-bond acceptors (Lipinski definition) is 7. The highest BCUT2D eigenvalue weighted by Gasteiger charge is 2.20. The van der Waals surface area contributed by atoms with E-state index in [0.717, 1.165) is 5.69 Å². The Balaban J connectivity index is 1.45. The minimum atomic E-state index is -0.715. The summed E-state index contributed by atoms with van der Waals surface area (Å²) in [4.78, 5) is 33.5. The fourth-order valence-corrected chi connectivity index (χ4v) is 3.61. The number of aryl methyl sites for hydroxylation is 2. The van der Waals surface area contributed by atoms with E-state index in [9.17, 15) is 9.59 Å². The number of rotatable bonds is 6. The molecule has 0 fully saturated rings. The molecule has 0 aliphatic rings. The van der Waals surface area contributed by atoms with Gasteiger partial charge in [-0.05, 0) is 44.2 Å². The third kappa shape index (κ3) is 5.61. The number of ether oxygens (including phenoxy) is 1. The van der Waals surface area contributed by atoms with Gasteiger partial charge in [0.15, 0.2) is 11.5 Å². The maximum absolute atomic E-state index is 12.6. The van der Waals surface area contributed by atoms with Crippen LogP contribution in [0.1, 0.15) is 34.6 Å². The molecule has 35 heavy (non-hydrogen) atoms. The summed E-state index contributed by atoms with van der Waals surface area (Å²) >= 11 is 6.18. The second-order valence-electron chi connectivity index (χ2n) is 7.67. The first-order valence-corrected chi connectivity index (χ1v) is 11.0. The first-order valence-electron chi connectivity index (χ1n) is 10.6. The standard InChI is InChI=1S/C24H22ClN7O3/c1-14-9-11-18(21(25)27-14)15(2)35-24(34)29-22-20(30-31-32(22)3)19-12-10-17(13-26-19)28-23(33)16-7-5-4-6-8-16/h4-13,15H,1-3H3,(H,28,33)(H,29,34)/t15-/m1/s1. The van der Waals surface area contributed by atoms with Crippen molar-refractivity contribution in [2.75, 3.05) is 10.6 Å². The van der Waals surface area contributed by atoms with E-state index in [1.54, 1.807) is 62.5 Å². The number of nitrogens with zero attached hydrogens (tertiary/aromatic N) is 5. The van der Waals surface area contributed by atoms with Crippen LogP contribution in [0.4, 0.5) is 16.3 Å². The quantitative estimate of drug-likeness (QED) is 0.371. The molecule has 4 aromatic rings. The molecule has 0 aliphatic heterocycles. The summed E-state index contributed by atoms with van der Waals surface area (Å²) < 4.78 is 6.87. The molecule has 178 valence electrons. The summed E-state index contributed by atoms with van der Waals surface area (Å²) in [5.41, 5.74) is 3.19. The third-order valence-electron chi connectivity index (χ3n) is 5.09. The van der Waals surface area contributed by atoms with Crippen LogP contribution in [0.2, 0.25) is 5.15 Å². The second-order valence-corrected chi connectivity index (χ2v) is 8.03. The van der Waals surface area contributed by atoms with E-state index < -0.39 is 12.2 Å². The molecule has 3 aromatic heterocycles. The van der Waals surface area contributed by atoms with Gasteiger partial charge in [0.25, 0.3) is 5.91 Å². The Morgan fingerprint density at radius 1 is 1.06 bits per heavy atom. The molecule has 2 amide bonds. The Morgan fingerprint density at radius 2 is 1.83 bits per heavy atom. The van der Waals surface area contributed by atoms with Gasteiger partial charge in [0.1, 0.15) is 11.3 Å². The number of carbonyl (C=O) groups is 2. The molecule has 2 N–H and O–H groups in total. The average molecular weight is 492 g/mol. The summed E-state index contributed by atoms with van der Waals surface area (Å²) in [6.45, 7) is 3.52. The van der Waals surface area contributed by atoms with Crippen molar-refractivity contribution in [2.45, 2.75) is 20.0 Å². The minimum absolute atomic E-state index is 0.247. The van der Waals surface area contributed by atoms with Crippen LogP contribution in [0, 0.1) is 6.92 Å². The van der Waals surface area contributed by atoms with Crippen molar-refractivity contribution in [3.05, 3.63) is 82.8 Å². The molecule has 0 radical (unpaired) electrons. The summed E-state index contributed by atoms with van der Waals surface area (Å²) in [5, 5.41) is 13.8. The monoisotopic (exact) mass is 491 g/mol. The number of benzene rings is 1. The molecule has 0 saturated heterocycles. The lowest BCUT2D eigenvalue weighted by Crippen LogP contribution is -2.18. The second kappa shape index (κ2) is 10.3. The van der Waals surface area contributed by atoms with Gasteiger partial charge >= 0.3 is 6.09 Å². The van der Waals surface area contributed by atoms with E-state index in [4.69, 9.17) is 16.3 Å². The number of anilines is 2. The van der Waals surface area contributed by atoms with Crippen LogP contribution in [0.5, 0.6) is 0 Å². The summed E-state index contributed by atoms with van der Waals surface area (Å²) in [7, 11) is 1.63. The number of amides is 2. The zero-order chi connectivity index (χ0) is 24.9. The molecule has 0 bridgehead atoms. The first-order chi connectivity index (χ1) is 16.8. The van der Waals surface area contributed by atoms with Crippen LogP contribution in [-0.2, 0) is 11.8 Å². The Morgan fingerprint density at radius 3 is 2.51 bits per heavy atom. The Bertz CT molecular complexity index is 1360. The van der Waals surface area contributed by atoms with Gasteiger partial charge in [-0.3, -0.25) is 15.1 Å². The van der Waals surface area contributed by atoms with Crippen LogP contribution >= 0.6 is 11.6 Å². The lowest BCUT2D eigenvalue weighted by Gasteiger charge is -2.15. The van der Waals surface area contributed by atoms with Crippen molar-refractivity contribution in [1.29, 1.82) is 0 Å². The van der Waals surface area contributed by atoms with Gasteiger partial charge in [0, 0.05) is 23.9 Å². The average Bonchev–Trinajstić information content (AvgIpc) is 3.19. The highest BCUT2D eigenvalue weighted by molar-refractivity contribution is 6.30. The van der Waals surface area contributed by atoms with Crippen LogP contribution < -0.4 is 10.6 Å². The summed E-state index contributed by atoms with van der Waals surface area (Å²) in [6, 6.07) is 15.8. The van der Waals surface area contributed by atoms with E-state index in [-0.39, 0.29) is 11.1 Å². The highest BCUT2D eigenvalue weighted by atomic mass is 35.5. The molecule has 0 spiro atoms. The molecule has 11 heteroatoms. The Kier molecular flexibility index (Phi) is 7.02. The van der Waals surface area contributed by atoms with Crippen LogP contribution in [0.25, 0.3) is 11.4 Å². The number of nitrogens with one attached hydrogen (secondary N) is 2. The maximum Gasteiger partial charge on any atom is 0.413 e. The van der Waals surface area contributed by atoms with E-state index in [0.29, 0.717) is 34.0 Å². The van der Waals surface area contributed by atoms with E-state index in [1.165, 1.54) is 10.9 Å². The van der Waals surface area contributed by atoms with Crippen molar-refractivity contribution in [3.8, 4) is 11.4 Å². The molecule has 0 unspecified atom stereocenters. The molecule has 10 nitrogen and oxygen atoms in total. The number of hydrogen-bond donors (Lipinski definition) is 2. The van der Waals surface area contributed by atoms with Crippen LogP contribution in [0.15, 0.2) is 60.8 Å². The van der Waals surface area contributed by atoms with Crippen molar-refractivity contribution >= 4 is 35.1 Å². The van der Waals surface area contributed by atoms with Crippen molar-refractivity contribution in [3.63, 3.8) is 0 Å². The summed E-state index contributed by atoms with van der Waals surface area (Å²) in [5.74, 6) is 0.0478. The smallest absolute Gasteiger partial charge is 0.413 e. The van der Waals surface area contributed by atoms with Gasteiger partial charge in [0.05, 0.1) is 17.6 Å². The molecule has 1 aromatic carbocycles. The first kappa shape index (κ1) is 23.8. The molecular weight excluding hydrogens is 470 g/mol. The fourth-order valence-electron chi connectivity index (χ4n) is 3.26. The number of halogens is 1. The van der Waals surface area contributed by atoms with Gasteiger partial charge in [-0.15, -0.1) is 5.10 Å². The third-order valence-corrected chi connectivity index (χ3v) is 5.39. The van der Waals surface area contributed by atoms with E-state index in [2.05, 4.69) is 30.9 Å². The molecule has 0 saturated carbocycles. The van der Waals surface area contributed by atoms with Crippen LogP contribution in [0.3, 0.4) is 0 Å². The Hall–Kier alpha value is -4.31. The highest BCUT2D eigenvalue weighted by Crippen LogP contribution is 2.27. The topological polar surface area (TPSA) is 124 Å². The zero-order valence-electron chi connectivity index (χ0n) is 19.2. The predicted octanol–water partition coefficient (Wildman–Crippen LogP) is 4.80. The van der Waals surface area contributed by atoms with Gasteiger partial charge in [-0.2, -0.15) is 0 Å².